The number of carbonyl (C=O) groups is 3. The minimum atomic E-state index is -0.888. The van der Waals surface area contributed by atoms with E-state index in [0.717, 1.165) is 0 Å². The lowest BCUT2D eigenvalue weighted by Crippen LogP contribution is -2.32. The standard InChI is InChI=1S/C18H33BrN2O9/c1-26-17(12-22)30-18(27-2)13-29-16(25)6-5-14(23)20-7-3-9-28-10-4-8-21-15(24)11-19/h17-18,22H,3-13H2,1-2H3,(H,20,23)(H,21,24). The number of nitrogens with one attached hydrogen (secondary N) is 2. The molecule has 0 aliphatic heterocycles. The van der Waals surface area contributed by atoms with Gasteiger partial charge in [-0.3, -0.25) is 14.4 Å². The van der Waals surface area contributed by atoms with Gasteiger partial charge in [-0.15, -0.1) is 0 Å². The van der Waals surface area contributed by atoms with E-state index in [4.69, 9.17) is 28.8 Å². The Bertz CT molecular complexity index is 479. The van der Waals surface area contributed by atoms with Gasteiger partial charge in [0.05, 0.1) is 18.4 Å². The van der Waals surface area contributed by atoms with E-state index in [1.54, 1.807) is 0 Å². The van der Waals surface area contributed by atoms with Crippen LogP contribution in [0, 0.1) is 0 Å². The monoisotopic (exact) mass is 500 g/mol. The van der Waals surface area contributed by atoms with Crippen molar-refractivity contribution in [3.8, 4) is 0 Å². The number of esters is 1. The van der Waals surface area contributed by atoms with Crippen molar-refractivity contribution in [2.75, 3.05) is 59.1 Å². The summed E-state index contributed by atoms with van der Waals surface area (Å²) in [5.74, 6) is -0.886. The lowest BCUT2D eigenvalue weighted by molar-refractivity contribution is -0.251. The number of hydrogen-bond donors (Lipinski definition) is 3. The third kappa shape index (κ3) is 16.5. The Hall–Kier alpha value is -1.31. The highest BCUT2D eigenvalue weighted by molar-refractivity contribution is 9.09. The Labute approximate surface area is 185 Å². The highest BCUT2D eigenvalue weighted by Gasteiger charge is 2.17. The Kier molecular flexibility index (Phi) is 18.8. The number of rotatable bonds is 19. The third-order valence-electron chi connectivity index (χ3n) is 3.61. The van der Waals surface area contributed by atoms with Crippen molar-refractivity contribution < 1.29 is 43.2 Å². The average Bonchev–Trinajstić information content (AvgIpc) is 2.76. The first-order valence-electron chi connectivity index (χ1n) is 9.61. The molecule has 0 radical (unpaired) electrons. The molecule has 0 heterocycles. The minimum Gasteiger partial charge on any atom is -0.460 e. The van der Waals surface area contributed by atoms with Crippen LogP contribution < -0.4 is 10.6 Å². The van der Waals surface area contributed by atoms with E-state index in [9.17, 15) is 14.4 Å². The zero-order chi connectivity index (χ0) is 22.6. The molecule has 0 aliphatic carbocycles. The number of ether oxygens (including phenoxy) is 5. The zero-order valence-electron chi connectivity index (χ0n) is 17.5. The van der Waals surface area contributed by atoms with Crippen molar-refractivity contribution in [1.29, 1.82) is 0 Å². The molecule has 176 valence electrons. The van der Waals surface area contributed by atoms with Gasteiger partial charge in [0.2, 0.25) is 11.8 Å². The highest BCUT2D eigenvalue weighted by Crippen LogP contribution is 2.03. The summed E-state index contributed by atoms with van der Waals surface area (Å²) in [5.41, 5.74) is 0. The molecule has 0 spiro atoms. The van der Waals surface area contributed by atoms with Crippen molar-refractivity contribution in [3.05, 3.63) is 0 Å². The molecule has 0 aromatic heterocycles. The average molecular weight is 501 g/mol. The molecule has 0 rings (SSSR count). The van der Waals surface area contributed by atoms with Crippen LogP contribution in [0.25, 0.3) is 0 Å². The first-order valence-corrected chi connectivity index (χ1v) is 10.7. The molecule has 0 bridgehead atoms. The van der Waals surface area contributed by atoms with Gasteiger partial charge in [0, 0.05) is 46.9 Å². The third-order valence-corrected chi connectivity index (χ3v) is 4.12. The number of alkyl halides is 1. The van der Waals surface area contributed by atoms with Crippen LogP contribution in [0.4, 0.5) is 0 Å². The van der Waals surface area contributed by atoms with E-state index >= 15 is 0 Å². The van der Waals surface area contributed by atoms with Gasteiger partial charge in [0.15, 0.2) is 12.6 Å². The Morgan fingerprint density at radius 3 is 2.07 bits per heavy atom. The van der Waals surface area contributed by atoms with E-state index in [0.29, 0.717) is 39.1 Å². The molecule has 2 unspecified atom stereocenters. The van der Waals surface area contributed by atoms with Crippen LogP contribution in [0.3, 0.4) is 0 Å². The molecule has 0 aromatic carbocycles. The second-order valence-corrected chi connectivity index (χ2v) is 6.55. The summed E-state index contributed by atoms with van der Waals surface area (Å²) in [4.78, 5) is 34.4. The molecule has 3 N–H and O–H groups in total. The van der Waals surface area contributed by atoms with Crippen molar-refractivity contribution in [2.45, 2.75) is 38.3 Å². The molecule has 2 atom stereocenters. The molecule has 0 aromatic rings. The number of methoxy groups -OCH3 is 2. The Balaban J connectivity index is 3.67. The summed E-state index contributed by atoms with van der Waals surface area (Å²) in [6.07, 6.45) is -0.490. The topological polar surface area (TPSA) is 142 Å². The summed E-state index contributed by atoms with van der Waals surface area (Å²) in [6, 6.07) is 0. The van der Waals surface area contributed by atoms with E-state index in [2.05, 4.69) is 26.6 Å². The first-order chi connectivity index (χ1) is 14.5. The number of hydrogen-bond acceptors (Lipinski definition) is 9. The summed E-state index contributed by atoms with van der Waals surface area (Å²) >= 11 is 3.06. The maximum absolute atomic E-state index is 11.7. The van der Waals surface area contributed by atoms with Gasteiger partial charge in [0.25, 0.3) is 0 Å². The zero-order valence-corrected chi connectivity index (χ0v) is 19.1. The number of aliphatic hydroxyl groups is 1. The highest BCUT2D eigenvalue weighted by atomic mass is 79.9. The lowest BCUT2D eigenvalue weighted by atomic mass is 10.3. The molecule has 0 aliphatic rings. The van der Waals surface area contributed by atoms with Crippen LogP contribution in [0.2, 0.25) is 0 Å². The largest absolute Gasteiger partial charge is 0.460 e. The number of halogens is 1. The van der Waals surface area contributed by atoms with Gasteiger partial charge >= 0.3 is 5.97 Å². The first kappa shape index (κ1) is 28.7. The van der Waals surface area contributed by atoms with E-state index in [-0.39, 0.29) is 43.2 Å². The molecule has 30 heavy (non-hydrogen) atoms. The second-order valence-electron chi connectivity index (χ2n) is 5.99. The van der Waals surface area contributed by atoms with Gasteiger partial charge in [-0.25, -0.2) is 0 Å². The fourth-order valence-corrected chi connectivity index (χ4v) is 2.19. The summed E-state index contributed by atoms with van der Waals surface area (Å²) in [6.45, 7) is 1.46. The van der Waals surface area contributed by atoms with Crippen LogP contribution in [-0.2, 0) is 38.1 Å². The van der Waals surface area contributed by atoms with Crippen molar-refractivity contribution in [1.82, 2.24) is 10.6 Å². The molecule has 0 fully saturated rings. The van der Waals surface area contributed by atoms with Crippen LogP contribution in [-0.4, -0.2) is 94.5 Å². The normalized spacial score (nSPS) is 12.8. The van der Waals surface area contributed by atoms with Gasteiger partial charge in [-0.1, -0.05) is 15.9 Å². The predicted octanol–water partition coefficient (Wildman–Crippen LogP) is -0.312. The summed E-state index contributed by atoms with van der Waals surface area (Å²) in [5, 5.41) is 14.7. The fourth-order valence-electron chi connectivity index (χ4n) is 2.00. The van der Waals surface area contributed by atoms with Crippen molar-refractivity contribution in [2.24, 2.45) is 0 Å². The number of amides is 2. The van der Waals surface area contributed by atoms with Crippen molar-refractivity contribution in [3.63, 3.8) is 0 Å². The quantitative estimate of drug-likeness (QED) is 0.0941. The van der Waals surface area contributed by atoms with E-state index in [1.165, 1.54) is 14.2 Å². The molecule has 2 amide bonds. The minimum absolute atomic E-state index is 0.00278. The summed E-state index contributed by atoms with van der Waals surface area (Å²) < 4.78 is 25.4. The molecule has 0 saturated carbocycles. The molecular weight excluding hydrogens is 468 g/mol. The molecule has 11 nitrogen and oxygen atoms in total. The SMILES string of the molecule is COC(CO)OC(COC(=O)CCC(=O)NCCCOCCCNC(=O)CBr)OC. The van der Waals surface area contributed by atoms with E-state index in [1.807, 2.05) is 0 Å². The molecule has 0 saturated heterocycles. The van der Waals surface area contributed by atoms with Gasteiger partial charge < -0.3 is 39.4 Å². The van der Waals surface area contributed by atoms with Crippen LogP contribution in [0.1, 0.15) is 25.7 Å². The van der Waals surface area contributed by atoms with Crippen LogP contribution in [0.15, 0.2) is 0 Å². The van der Waals surface area contributed by atoms with Crippen LogP contribution in [0.5, 0.6) is 0 Å². The van der Waals surface area contributed by atoms with Gasteiger partial charge in [-0.05, 0) is 12.8 Å². The van der Waals surface area contributed by atoms with Gasteiger partial charge in [0.1, 0.15) is 6.61 Å². The maximum atomic E-state index is 11.7. The fraction of sp³-hybridized carbons (Fsp3) is 0.833. The summed E-state index contributed by atoms with van der Waals surface area (Å²) in [7, 11) is 2.72. The van der Waals surface area contributed by atoms with Crippen molar-refractivity contribution >= 4 is 33.7 Å². The van der Waals surface area contributed by atoms with Crippen LogP contribution >= 0.6 is 15.9 Å². The Morgan fingerprint density at radius 2 is 1.53 bits per heavy atom. The number of carbonyl (C=O) groups excluding carboxylic acids is 3. The molecule has 12 heteroatoms. The van der Waals surface area contributed by atoms with E-state index < -0.39 is 18.5 Å². The van der Waals surface area contributed by atoms with Gasteiger partial charge in [-0.2, -0.15) is 0 Å². The Morgan fingerprint density at radius 1 is 0.933 bits per heavy atom. The molecular formula is C18H33BrN2O9. The second kappa shape index (κ2) is 19.6. The number of aliphatic hydroxyl groups excluding tert-OH is 1. The smallest absolute Gasteiger partial charge is 0.306 e. The lowest BCUT2D eigenvalue weighted by Gasteiger charge is -2.21. The maximum Gasteiger partial charge on any atom is 0.306 e. The predicted molar refractivity (Wildman–Crippen MR) is 110 cm³/mol.